The molecule has 0 N–H and O–H groups in total. The van der Waals surface area contributed by atoms with Crippen molar-refractivity contribution in [1.29, 1.82) is 0 Å². The molecule has 12 heavy (non-hydrogen) atoms. The van der Waals surface area contributed by atoms with E-state index in [-0.39, 0.29) is 5.78 Å². The molecule has 3 nitrogen and oxygen atoms in total. The predicted octanol–water partition coefficient (Wildman–Crippen LogP) is 1.66. The lowest BCUT2D eigenvalue weighted by Gasteiger charge is -1.91. The molecule has 0 unspecified atom stereocenters. The molecule has 0 bridgehead atoms. The van der Waals surface area contributed by atoms with Gasteiger partial charge in [0.2, 0.25) is 0 Å². The molecule has 1 aromatic heterocycles. The van der Waals surface area contributed by atoms with Gasteiger partial charge in [0.05, 0.1) is 11.8 Å². The minimum Gasteiger partial charge on any atom is -0.294 e. The Labute approximate surface area is 71.7 Å². The summed E-state index contributed by atoms with van der Waals surface area (Å²) in [6, 6.07) is 0. The van der Waals surface area contributed by atoms with Gasteiger partial charge in [0, 0.05) is 19.2 Å². The highest BCUT2D eigenvalue weighted by Gasteiger charge is 2.05. The molecule has 0 fully saturated rings. The zero-order chi connectivity index (χ0) is 8.97. The maximum Gasteiger partial charge on any atom is 0.169 e. The quantitative estimate of drug-likeness (QED) is 0.501. The third-order valence-corrected chi connectivity index (χ3v) is 1.61. The molecule has 0 atom stereocenters. The van der Waals surface area contributed by atoms with Crippen molar-refractivity contribution in [2.75, 3.05) is 0 Å². The van der Waals surface area contributed by atoms with Crippen molar-refractivity contribution in [3.05, 3.63) is 30.6 Å². The van der Waals surface area contributed by atoms with Crippen molar-refractivity contribution in [2.24, 2.45) is 0 Å². The van der Waals surface area contributed by atoms with Crippen molar-refractivity contribution in [2.45, 2.75) is 19.9 Å². The number of carbonyl (C=O) groups excluding carboxylic acids is 1. The van der Waals surface area contributed by atoms with Crippen LogP contribution in [0.15, 0.2) is 25.0 Å². The van der Waals surface area contributed by atoms with Gasteiger partial charge >= 0.3 is 0 Å². The van der Waals surface area contributed by atoms with Gasteiger partial charge in [0.1, 0.15) is 0 Å². The van der Waals surface area contributed by atoms with E-state index < -0.39 is 0 Å². The SMILES string of the molecule is C=CCC(=O)c1cnn(CC)c1. The lowest BCUT2D eigenvalue weighted by atomic mass is 10.2. The number of nitrogens with zero attached hydrogens (tertiary/aromatic N) is 2. The van der Waals surface area contributed by atoms with Gasteiger partial charge in [-0.1, -0.05) is 6.08 Å². The molecular weight excluding hydrogens is 152 g/mol. The van der Waals surface area contributed by atoms with Crippen molar-refractivity contribution in [3.63, 3.8) is 0 Å². The van der Waals surface area contributed by atoms with Crippen LogP contribution in [-0.4, -0.2) is 15.6 Å². The van der Waals surface area contributed by atoms with Crippen LogP contribution < -0.4 is 0 Å². The molecule has 0 spiro atoms. The normalized spacial score (nSPS) is 9.75. The summed E-state index contributed by atoms with van der Waals surface area (Å²) in [6.45, 7) is 6.28. The van der Waals surface area contributed by atoms with Gasteiger partial charge in [-0.25, -0.2) is 0 Å². The summed E-state index contributed by atoms with van der Waals surface area (Å²) in [7, 11) is 0. The Kier molecular flexibility index (Phi) is 2.80. The maximum absolute atomic E-state index is 11.2. The van der Waals surface area contributed by atoms with Crippen LogP contribution in [0.3, 0.4) is 0 Å². The van der Waals surface area contributed by atoms with Crippen LogP contribution in [0, 0.1) is 0 Å². The number of carbonyl (C=O) groups is 1. The van der Waals surface area contributed by atoms with Crippen molar-refractivity contribution in [1.82, 2.24) is 9.78 Å². The number of hydrogen-bond donors (Lipinski definition) is 0. The molecule has 64 valence electrons. The molecule has 0 aliphatic rings. The lowest BCUT2D eigenvalue weighted by molar-refractivity contribution is 0.0996. The summed E-state index contributed by atoms with van der Waals surface area (Å²) in [4.78, 5) is 11.2. The second kappa shape index (κ2) is 3.85. The van der Waals surface area contributed by atoms with E-state index in [0.717, 1.165) is 6.54 Å². The minimum atomic E-state index is 0.0738. The smallest absolute Gasteiger partial charge is 0.169 e. The largest absolute Gasteiger partial charge is 0.294 e. The predicted molar refractivity (Wildman–Crippen MR) is 47.0 cm³/mol. The molecule has 1 rings (SSSR count). The number of hydrogen-bond acceptors (Lipinski definition) is 2. The van der Waals surface area contributed by atoms with Crippen LogP contribution in [0.25, 0.3) is 0 Å². The standard InChI is InChI=1S/C9H12N2O/c1-3-5-9(12)8-6-10-11(4-2)7-8/h3,6-7H,1,4-5H2,2H3. The summed E-state index contributed by atoms with van der Waals surface area (Å²) in [6.07, 6.45) is 5.34. The molecule has 1 aromatic rings. The average Bonchev–Trinajstić information content (AvgIpc) is 2.52. The van der Waals surface area contributed by atoms with Crippen LogP contribution in [0.5, 0.6) is 0 Å². The Morgan fingerprint density at radius 2 is 2.58 bits per heavy atom. The average molecular weight is 164 g/mol. The Hall–Kier alpha value is -1.38. The fourth-order valence-electron chi connectivity index (χ4n) is 0.929. The van der Waals surface area contributed by atoms with Crippen LogP contribution in [-0.2, 0) is 6.54 Å². The van der Waals surface area contributed by atoms with Gasteiger partial charge in [-0.15, -0.1) is 6.58 Å². The highest BCUT2D eigenvalue weighted by atomic mass is 16.1. The summed E-state index contributed by atoms with van der Waals surface area (Å²) in [5, 5.41) is 4.00. The van der Waals surface area contributed by atoms with Gasteiger partial charge < -0.3 is 0 Å². The van der Waals surface area contributed by atoms with Gasteiger partial charge in [0.25, 0.3) is 0 Å². The van der Waals surface area contributed by atoms with Crippen molar-refractivity contribution >= 4 is 5.78 Å². The second-order valence-electron chi connectivity index (χ2n) is 2.50. The first-order valence-electron chi connectivity index (χ1n) is 3.94. The zero-order valence-corrected chi connectivity index (χ0v) is 7.16. The van der Waals surface area contributed by atoms with Crippen LogP contribution in [0.4, 0.5) is 0 Å². The first-order valence-corrected chi connectivity index (χ1v) is 3.94. The number of Topliss-reactive ketones (excluding diaryl/α,β-unsaturated/α-hetero) is 1. The maximum atomic E-state index is 11.2. The number of aromatic nitrogens is 2. The van der Waals surface area contributed by atoms with E-state index in [4.69, 9.17) is 0 Å². The van der Waals surface area contributed by atoms with Crippen molar-refractivity contribution < 1.29 is 4.79 Å². The summed E-state index contributed by atoms with van der Waals surface area (Å²) in [5.74, 6) is 0.0738. The fraction of sp³-hybridized carbons (Fsp3) is 0.333. The molecule has 0 aromatic carbocycles. The van der Waals surface area contributed by atoms with E-state index in [1.54, 1.807) is 23.2 Å². The molecule has 0 saturated carbocycles. The molecule has 0 saturated heterocycles. The van der Waals surface area contributed by atoms with Crippen LogP contribution in [0.2, 0.25) is 0 Å². The third kappa shape index (κ3) is 1.81. The van der Waals surface area contributed by atoms with Gasteiger partial charge in [0.15, 0.2) is 5.78 Å². The van der Waals surface area contributed by atoms with E-state index >= 15 is 0 Å². The van der Waals surface area contributed by atoms with E-state index in [9.17, 15) is 4.79 Å². The van der Waals surface area contributed by atoms with E-state index in [1.807, 2.05) is 6.92 Å². The molecule has 0 amide bonds. The van der Waals surface area contributed by atoms with Gasteiger partial charge in [-0.3, -0.25) is 9.48 Å². The van der Waals surface area contributed by atoms with Gasteiger partial charge in [-0.05, 0) is 6.92 Å². The minimum absolute atomic E-state index is 0.0738. The highest BCUT2D eigenvalue weighted by molar-refractivity contribution is 5.96. The molecular formula is C9H12N2O. The number of allylic oxidation sites excluding steroid dienone is 1. The van der Waals surface area contributed by atoms with Gasteiger partial charge in [-0.2, -0.15) is 5.10 Å². The number of aryl methyl sites for hydroxylation is 1. The van der Waals surface area contributed by atoms with E-state index in [2.05, 4.69) is 11.7 Å². The van der Waals surface area contributed by atoms with Crippen LogP contribution >= 0.6 is 0 Å². The number of rotatable bonds is 4. The second-order valence-corrected chi connectivity index (χ2v) is 2.50. The van der Waals surface area contributed by atoms with Crippen molar-refractivity contribution in [3.8, 4) is 0 Å². The molecule has 1 heterocycles. The summed E-state index contributed by atoms with van der Waals surface area (Å²) in [5.41, 5.74) is 0.664. The number of ketones is 1. The Balaban J connectivity index is 2.74. The van der Waals surface area contributed by atoms with Crippen LogP contribution in [0.1, 0.15) is 23.7 Å². The molecule has 0 aliphatic heterocycles. The summed E-state index contributed by atoms with van der Waals surface area (Å²) < 4.78 is 1.73. The molecule has 0 aliphatic carbocycles. The summed E-state index contributed by atoms with van der Waals surface area (Å²) >= 11 is 0. The monoisotopic (exact) mass is 164 g/mol. The first kappa shape index (κ1) is 8.71. The zero-order valence-electron chi connectivity index (χ0n) is 7.16. The third-order valence-electron chi connectivity index (χ3n) is 1.61. The Morgan fingerprint density at radius 1 is 1.83 bits per heavy atom. The Morgan fingerprint density at radius 3 is 3.08 bits per heavy atom. The van der Waals surface area contributed by atoms with E-state index in [1.165, 1.54) is 0 Å². The topological polar surface area (TPSA) is 34.9 Å². The fourth-order valence-corrected chi connectivity index (χ4v) is 0.929. The molecule has 3 heteroatoms. The molecule has 0 radical (unpaired) electrons. The lowest BCUT2D eigenvalue weighted by Crippen LogP contribution is -1.95. The Bertz CT molecular complexity index is 288. The van der Waals surface area contributed by atoms with E-state index in [0.29, 0.717) is 12.0 Å². The first-order chi connectivity index (χ1) is 5.77. The highest BCUT2D eigenvalue weighted by Crippen LogP contribution is 2.02.